The van der Waals surface area contributed by atoms with Gasteiger partial charge in [-0.3, -0.25) is 4.79 Å². The van der Waals surface area contributed by atoms with Gasteiger partial charge in [-0.25, -0.2) is 14.6 Å². The zero-order chi connectivity index (χ0) is 25.2. The van der Waals surface area contributed by atoms with Gasteiger partial charge in [-0.1, -0.05) is 48.0 Å². The Morgan fingerprint density at radius 1 is 0.972 bits per heavy atom. The van der Waals surface area contributed by atoms with Crippen LogP contribution in [0.25, 0.3) is 16.7 Å². The molecule has 0 N–H and O–H groups in total. The molecule has 36 heavy (non-hydrogen) atoms. The van der Waals surface area contributed by atoms with Gasteiger partial charge < -0.3 is 9.80 Å². The van der Waals surface area contributed by atoms with Crippen molar-refractivity contribution in [2.24, 2.45) is 0 Å². The van der Waals surface area contributed by atoms with Crippen LogP contribution >= 0.6 is 11.6 Å². The number of alkyl halides is 1. The molecule has 4 aromatic rings. The van der Waals surface area contributed by atoms with Gasteiger partial charge in [0.15, 0.2) is 5.65 Å². The number of halogens is 1. The van der Waals surface area contributed by atoms with Crippen LogP contribution in [0, 0.1) is 13.8 Å². The van der Waals surface area contributed by atoms with Crippen molar-refractivity contribution in [3.63, 3.8) is 0 Å². The largest absolute Gasteiger partial charge is 0.354 e. The van der Waals surface area contributed by atoms with Crippen LogP contribution in [0.4, 0.5) is 5.82 Å². The number of anilines is 1. The first-order valence-corrected chi connectivity index (χ1v) is 12.9. The number of hydrogen-bond donors (Lipinski definition) is 0. The molecule has 1 amide bonds. The first-order valence-electron chi connectivity index (χ1n) is 12.5. The molecule has 0 spiro atoms. The molecule has 1 aliphatic rings. The summed E-state index contributed by atoms with van der Waals surface area (Å²) in [6.45, 7) is 8.62. The van der Waals surface area contributed by atoms with E-state index in [-0.39, 0.29) is 5.91 Å². The predicted octanol–water partition coefficient (Wildman–Crippen LogP) is 4.69. The minimum atomic E-state index is -0.519. The maximum Gasteiger partial charge on any atom is 0.240 e. The summed E-state index contributed by atoms with van der Waals surface area (Å²) in [4.78, 5) is 26.8. The quantitative estimate of drug-likeness (QED) is 0.370. The van der Waals surface area contributed by atoms with Crippen LogP contribution in [0.2, 0.25) is 0 Å². The Balaban J connectivity index is 1.59. The Bertz CT molecular complexity index is 1370. The van der Waals surface area contributed by atoms with Gasteiger partial charge in [-0.05, 0) is 44.9 Å². The van der Waals surface area contributed by atoms with Gasteiger partial charge in [-0.15, -0.1) is 11.6 Å². The average molecular weight is 503 g/mol. The van der Waals surface area contributed by atoms with Gasteiger partial charge in [0.05, 0.1) is 16.8 Å². The van der Waals surface area contributed by atoms with Crippen LogP contribution in [0.3, 0.4) is 0 Å². The van der Waals surface area contributed by atoms with Gasteiger partial charge in [0, 0.05) is 32.6 Å². The van der Waals surface area contributed by atoms with Crippen molar-refractivity contribution >= 4 is 34.4 Å². The van der Waals surface area contributed by atoms with Crippen molar-refractivity contribution in [1.82, 2.24) is 24.6 Å². The number of carbonyl (C=O) groups excluding carboxylic acids is 1. The molecular weight excluding hydrogens is 472 g/mol. The van der Waals surface area contributed by atoms with E-state index < -0.39 is 5.38 Å². The van der Waals surface area contributed by atoms with Crippen LogP contribution in [0.15, 0.2) is 54.6 Å². The molecular formula is C28H31ClN6O. The molecule has 0 saturated carbocycles. The Morgan fingerprint density at radius 2 is 1.72 bits per heavy atom. The number of aromatic nitrogens is 4. The first-order chi connectivity index (χ1) is 17.4. The monoisotopic (exact) mass is 502 g/mol. The number of hydrogen-bond acceptors (Lipinski definition) is 5. The number of fused-ring (bicyclic) bond motifs is 1. The van der Waals surface area contributed by atoms with Crippen LogP contribution in [-0.4, -0.2) is 62.1 Å². The molecule has 1 fully saturated rings. The van der Waals surface area contributed by atoms with Gasteiger partial charge in [0.1, 0.15) is 17.0 Å². The second kappa shape index (κ2) is 10.3. The summed E-state index contributed by atoms with van der Waals surface area (Å²) in [5, 5.41) is 5.31. The van der Waals surface area contributed by atoms with E-state index in [1.807, 2.05) is 46.8 Å². The molecule has 0 bridgehead atoms. The second-order valence-corrected chi connectivity index (χ2v) is 10.1. The maximum absolute atomic E-state index is 12.5. The van der Waals surface area contributed by atoms with Crippen molar-refractivity contribution in [2.75, 3.05) is 31.1 Å². The highest BCUT2D eigenvalue weighted by Crippen LogP contribution is 2.30. The fraction of sp³-hybridized carbons (Fsp3) is 0.357. The fourth-order valence-corrected chi connectivity index (χ4v) is 4.89. The highest BCUT2D eigenvalue weighted by atomic mass is 35.5. The van der Waals surface area contributed by atoms with E-state index in [9.17, 15) is 4.79 Å². The van der Waals surface area contributed by atoms with Crippen molar-refractivity contribution in [1.29, 1.82) is 0 Å². The number of amides is 1. The molecule has 0 aliphatic carbocycles. The summed E-state index contributed by atoms with van der Waals surface area (Å²) in [5.41, 5.74) is 5.04. The van der Waals surface area contributed by atoms with Gasteiger partial charge >= 0.3 is 0 Å². The summed E-state index contributed by atoms with van der Waals surface area (Å²) in [6.07, 6.45) is 1.48. The topological polar surface area (TPSA) is 67.2 Å². The molecule has 0 unspecified atom stereocenters. The Kier molecular flexibility index (Phi) is 6.92. The van der Waals surface area contributed by atoms with Crippen LogP contribution in [0.5, 0.6) is 0 Å². The third kappa shape index (κ3) is 4.93. The highest BCUT2D eigenvalue weighted by molar-refractivity contribution is 6.30. The fourth-order valence-electron chi connectivity index (χ4n) is 4.75. The minimum Gasteiger partial charge on any atom is -0.354 e. The van der Waals surface area contributed by atoms with Crippen LogP contribution < -0.4 is 4.90 Å². The molecule has 7 nitrogen and oxygen atoms in total. The molecule has 1 atom stereocenters. The second-order valence-electron chi connectivity index (χ2n) is 9.44. The number of carbonyl (C=O) groups is 1. The molecule has 0 radical (unpaired) electrons. The Labute approximate surface area is 216 Å². The van der Waals surface area contributed by atoms with E-state index in [0.717, 1.165) is 52.6 Å². The van der Waals surface area contributed by atoms with E-state index in [4.69, 9.17) is 26.7 Å². The van der Waals surface area contributed by atoms with Crippen LogP contribution in [-0.2, 0) is 11.2 Å². The average Bonchev–Trinajstić information content (AvgIpc) is 3.04. The van der Waals surface area contributed by atoms with E-state index in [1.165, 1.54) is 5.56 Å². The molecule has 2 aromatic heterocycles. The van der Waals surface area contributed by atoms with Crippen molar-refractivity contribution in [3.8, 4) is 5.69 Å². The molecule has 8 heteroatoms. The lowest BCUT2D eigenvalue weighted by Gasteiger charge is -2.24. The number of benzene rings is 2. The van der Waals surface area contributed by atoms with E-state index in [2.05, 4.69) is 36.1 Å². The third-order valence-corrected chi connectivity index (χ3v) is 6.85. The lowest BCUT2D eigenvalue weighted by atomic mass is 10.1. The molecule has 3 heterocycles. The zero-order valence-corrected chi connectivity index (χ0v) is 21.7. The predicted molar refractivity (Wildman–Crippen MR) is 144 cm³/mol. The zero-order valence-electron chi connectivity index (χ0n) is 21.0. The number of aryl methyl sites for hydroxylation is 2. The van der Waals surface area contributed by atoms with E-state index >= 15 is 0 Å². The highest BCUT2D eigenvalue weighted by Gasteiger charge is 2.26. The lowest BCUT2D eigenvalue weighted by Crippen LogP contribution is -2.38. The molecule has 1 saturated heterocycles. The van der Waals surface area contributed by atoms with Gasteiger partial charge in [-0.2, -0.15) is 5.10 Å². The van der Waals surface area contributed by atoms with E-state index in [1.54, 1.807) is 6.92 Å². The van der Waals surface area contributed by atoms with E-state index in [0.29, 0.717) is 26.1 Å². The standard InChI is InChI=1S/C28H31ClN6O/c1-19-10-12-22(13-11-19)18-24-30-26(33-14-7-15-34(17-16-33)28(36)20(2)29)25-21(3)32-35(27(25)31-24)23-8-5-4-6-9-23/h4-6,8-13,20H,7,14-18H2,1-3H3/t20-/m0/s1. The summed E-state index contributed by atoms with van der Waals surface area (Å²) in [7, 11) is 0. The third-order valence-electron chi connectivity index (χ3n) is 6.66. The lowest BCUT2D eigenvalue weighted by molar-refractivity contribution is -0.130. The van der Waals surface area contributed by atoms with Gasteiger partial charge in [0.25, 0.3) is 0 Å². The number of rotatable bonds is 5. The molecule has 5 rings (SSSR count). The molecule has 1 aliphatic heterocycles. The first kappa shape index (κ1) is 24.3. The SMILES string of the molecule is Cc1ccc(Cc2nc(N3CCCN(C(=O)[C@H](C)Cl)CC3)c3c(C)nn(-c4ccccc4)c3n2)cc1. The van der Waals surface area contributed by atoms with Crippen molar-refractivity contribution < 1.29 is 4.79 Å². The normalized spacial score (nSPS) is 15.2. The summed E-state index contributed by atoms with van der Waals surface area (Å²) in [6, 6.07) is 18.6. The summed E-state index contributed by atoms with van der Waals surface area (Å²) in [5.74, 6) is 1.62. The number of nitrogens with zero attached hydrogens (tertiary/aromatic N) is 6. The summed E-state index contributed by atoms with van der Waals surface area (Å²) >= 11 is 6.10. The summed E-state index contributed by atoms with van der Waals surface area (Å²) < 4.78 is 1.91. The Morgan fingerprint density at radius 3 is 2.44 bits per heavy atom. The van der Waals surface area contributed by atoms with Crippen molar-refractivity contribution in [3.05, 3.63) is 77.2 Å². The van der Waals surface area contributed by atoms with Crippen molar-refractivity contribution in [2.45, 2.75) is 39.0 Å². The maximum atomic E-state index is 12.5. The van der Waals surface area contributed by atoms with Crippen LogP contribution in [0.1, 0.15) is 36.0 Å². The van der Waals surface area contributed by atoms with Gasteiger partial charge in [0.2, 0.25) is 5.91 Å². The smallest absolute Gasteiger partial charge is 0.240 e. The molecule has 186 valence electrons. The Hall–Kier alpha value is -3.45. The number of para-hydroxylation sites is 1. The molecule has 2 aromatic carbocycles. The minimum absolute atomic E-state index is 0.0144.